The lowest BCUT2D eigenvalue weighted by Crippen LogP contribution is -1.99. The predicted molar refractivity (Wildman–Crippen MR) is 90.6 cm³/mol. The molecule has 0 radical (unpaired) electrons. The first-order chi connectivity index (χ1) is 11.1. The molecule has 0 aliphatic carbocycles. The van der Waals surface area contributed by atoms with Crippen molar-refractivity contribution in [2.75, 3.05) is 7.05 Å². The molecule has 0 fully saturated rings. The Morgan fingerprint density at radius 2 is 1.87 bits per heavy atom. The molecule has 0 saturated heterocycles. The van der Waals surface area contributed by atoms with E-state index in [0.717, 1.165) is 27.7 Å². The highest BCUT2D eigenvalue weighted by Crippen LogP contribution is 2.17. The van der Waals surface area contributed by atoms with Gasteiger partial charge in [-0.1, -0.05) is 12.1 Å². The smallest absolute Gasteiger partial charge is 0.337 e. The Labute approximate surface area is 134 Å². The normalized spacial score (nSPS) is 10.0. The number of nitrogens with zero attached hydrogens (tertiary/aromatic N) is 2. The Bertz CT molecular complexity index is 831. The number of carboxylic acids is 1. The van der Waals surface area contributed by atoms with Gasteiger partial charge in [0, 0.05) is 23.5 Å². The highest BCUT2D eigenvalue weighted by molar-refractivity contribution is 5.87. The van der Waals surface area contributed by atoms with Gasteiger partial charge in [-0.05, 0) is 55.8 Å². The average molecular weight is 309 g/mol. The molecule has 5 heteroatoms. The molecule has 118 valence electrons. The maximum absolute atomic E-state index is 11.0. The van der Waals surface area contributed by atoms with Crippen LogP contribution < -0.4 is 5.73 Å². The molecule has 0 bridgehead atoms. The summed E-state index contributed by atoms with van der Waals surface area (Å²) in [5.74, 6) is -0.956. The van der Waals surface area contributed by atoms with Crippen molar-refractivity contribution in [2.45, 2.75) is 13.3 Å². The molecule has 2 aromatic heterocycles. The lowest BCUT2D eigenvalue weighted by atomic mass is 10.0. The topological polar surface area (TPSA) is 89.1 Å². The van der Waals surface area contributed by atoms with Gasteiger partial charge < -0.3 is 10.8 Å². The highest BCUT2D eigenvalue weighted by Gasteiger charge is 2.05. The van der Waals surface area contributed by atoms with Crippen LogP contribution >= 0.6 is 0 Å². The van der Waals surface area contributed by atoms with E-state index in [4.69, 9.17) is 5.11 Å². The van der Waals surface area contributed by atoms with Crippen LogP contribution in [-0.2, 0) is 6.42 Å². The van der Waals surface area contributed by atoms with Gasteiger partial charge in [0.25, 0.3) is 0 Å². The maximum Gasteiger partial charge on any atom is 0.337 e. The highest BCUT2D eigenvalue weighted by atomic mass is 16.4. The fourth-order valence-corrected chi connectivity index (χ4v) is 2.32. The van der Waals surface area contributed by atoms with Crippen LogP contribution in [0.4, 0.5) is 0 Å². The van der Waals surface area contributed by atoms with Crippen LogP contribution in [0.1, 0.15) is 27.2 Å². The monoisotopic (exact) mass is 309 g/mol. The molecule has 3 aromatic rings. The molecule has 3 N–H and O–H groups in total. The van der Waals surface area contributed by atoms with Gasteiger partial charge in [0.2, 0.25) is 0 Å². The van der Waals surface area contributed by atoms with Crippen LogP contribution in [0.5, 0.6) is 0 Å². The SMILES string of the molecule is CN.Cc1ccc2cc(Cc3cncc(C(=O)O)c3)ccc2n1. The summed E-state index contributed by atoms with van der Waals surface area (Å²) in [7, 11) is 1.50. The summed E-state index contributed by atoms with van der Waals surface area (Å²) < 4.78 is 0. The van der Waals surface area contributed by atoms with Gasteiger partial charge in [-0.25, -0.2) is 4.79 Å². The van der Waals surface area contributed by atoms with Crippen LogP contribution in [0.15, 0.2) is 48.8 Å². The van der Waals surface area contributed by atoms with Crippen molar-refractivity contribution in [1.29, 1.82) is 0 Å². The number of rotatable bonds is 3. The summed E-state index contributed by atoms with van der Waals surface area (Å²) >= 11 is 0. The second-order valence-electron chi connectivity index (χ2n) is 5.04. The third-order valence-electron chi connectivity index (χ3n) is 3.34. The molecule has 0 unspecified atom stereocenters. The number of fused-ring (bicyclic) bond motifs is 1. The van der Waals surface area contributed by atoms with Gasteiger partial charge in [-0.3, -0.25) is 9.97 Å². The molecule has 2 heterocycles. The van der Waals surface area contributed by atoms with Gasteiger partial charge in [-0.2, -0.15) is 0 Å². The first-order valence-corrected chi connectivity index (χ1v) is 7.23. The number of nitrogens with two attached hydrogens (primary N) is 1. The summed E-state index contributed by atoms with van der Waals surface area (Å²) in [4.78, 5) is 19.4. The predicted octanol–water partition coefficient (Wildman–Crippen LogP) is 2.80. The number of carboxylic acid groups (broad SMARTS) is 1. The lowest BCUT2D eigenvalue weighted by Gasteiger charge is -2.05. The van der Waals surface area contributed by atoms with E-state index >= 15 is 0 Å². The molecular weight excluding hydrogens is 290 g/mol. The third-order valence-corrected chi connectivity index (χ3v) is 3.34. The summed E-state index contributed by atoms with van der Waals surface area (Å²) in [6.45, 7) is 1.97. The minimum atomic E-state index is -0.956. The van der Waals surface area contributed by atoms with E-state index in [-0.39, 0.29) is 5.56 Å². The number of benzene rings is 1. The Kier molecular flexibility index (Phi) is 5.38. The first kappa shape index (κ1) is 16.6. The lowest BCUT2D eigenvalue weighted by molar-refractivity contribution is 0.0696. The van der Waals surface area contributed by atoms with Crippen molar-refractivity contribution in [3.05, 3.63) is 71.2 Å². The van der Waals surface area contributed by atoms with Crippen LogP contribution in [0.2, 0.25) is 0 Å². The van der Waals surface area contributed by atoms with Crippen molar-refractivity contribution in [1.82, 2.24) is 9.97 Å². The zero-order valence-electron chi connectivity index (χ0n) is 13.2. The Balaban J connectivity index is 0.000000924. The van der Waals surface area contributed by atoms with Crippen LogP contribution in [0.25, 0.3) is 10.9 Å². The van der Waals surface area contributed by atoms with E-state index in [9.17, 15) is 4.79 Å². The molecular formula is C18H19N3O2. The number of aromatic nitrogens is 2. The van der Waals surface area contributed by atoms with E-state index in [1.807, 2.05) is 31.2 Å². The van der Waals surface area contributed by atoms with Gasteiger partial charge in [0.15, 0.2) is 0 Å². The molecule has 0 aliphatic heterocycles. The number of pyridine rings is 2. The van der Waals surface area contributed by atoms with Crippen molar-refractivity contribution >= 4 is 16.9 Å². The maximum atomic E-state index is 11.0. The number of carbonyl (C=O) groups is 1. The van der Waals surface area contributed by atoms with Crippen LogP contribution in [-0.4, -0.2) is 28.1 Å². The fraction of sp³-hybridized carbons (Fsp3) is 0.167. The minimum absolute atomic E-state index is 0.214. The van der Waals surface area contributed by atoms with Crippen molar-refractivity contribution in [3.63, 3.8) is 0 Å². The number of aryl methyl sites for hydroxylation is 1. The second kappa shape index (κ2) is 7.47. The third kappa shape index (κ3) is 4.11. The molecule has 0 amide bonds. The van der Waals surface area contributed by atoms with Gasteiger partial charge in [-0.15, -0.1) is 0 Å². The average Bonchev–Trinajstić information content (AvgIpc) is 2.57. The summed E-state index contributed by atoms with van der Waals surface area (Å²) in [5, 5.41) is 10.1. The summed E-state index contributed by atoms with van der Waals surface area (Å²) in [5.41, 5.74) is 8.67. The first-order valence-electron chi connectivity index (χ1n) is 7.23. The minimum Gasteiger partial charge on any atom is -0.478 e. The number of hydrogen-bond acceptors (Lipinski definition) is 4. The summed E-state index contributed by atoms with van der Waals surface area (Å²) in [6.07, 6.45) is 3.71. The zero-order chi connectivity index (χ0) is 16.8. The van der Waals surface area contributed by atoms with Crippen molar-refractivity contribution < 1.29 is 9.90 Å². The molecule has 0 atom stereocenters. The van der Waals surface area contributed by atoms with Crippen LogP contribution in [0, 0.1) is 6.92 Å². The van der Waals surface area contributed by atoms with Crippen molar-refractivity contribution in [2.24, 2.45) is 5.73 Å². The second-order valence-corrected chi connectivity index (χ2v) is 5.04. The Morgan fingerprint density at radius 1 is 1.09 bits per heavy atom. The largest absolute Gasteiger partial charge is 0.478 e. The number of aromatic carboxylic acids is 1. The molecule has 23 heavy (non-hydrogen) atoms. The van der Waals surface area contributed by atoms with Crippen LogP contribution in [0.3, 0.4) is 0 Å². The molecule has 1 aromatic carbocycles. The van der Waals surface area contributed by atoms with Gasteiger partial charge >= 0.3 is 5.97 Å². The number of hydrogen-bond donors (Lipinski definition) is 2. The molecule has 3 rings (SSSR count). The zero-order valence-corrected chi connectivity index (χ0v) is 13.2. The standard InChI is InChI=1S/C17H14N2O2.CH5N/c1-11-2-4-14-7-12(3-5-16(14)19-11)6-13-8-15(17(20)21)10-18-9-13;1-2/h2-5,7-10H,6H2,1H3,(H,20,21);2H2,1H3. The molecule has 5 nitrogen and oxygen atoms in total. The fourth-order valence-electron chi connectivity index (χ4n) is 2.32. The Hall–Kier alpha value is -2.79. The van der Waals surface area contributed by atoms with Gasteiger partial charge in [0.05, 0.1) is 11.1 Å². The van der Waals surface area contributed by atoms with E-state index in [1.54, 1.807) is 12.3 Å². The van der Waals surface area contributed by atoms with Gasteiger partial charge in [0.1, 0.15) is 0 Å². The van der Waals surface area contributed by atoms with E-state index < -0.39 is 5.97 Å². The molecule has 0 aliphatic rings. The summed E-state index contributed by atoms with van der Waals surface area (Å²) in [6, 6.07) is 11.8. The van der Waals surface area contributed by atoms with E-state index in [0.29, 0.717) is 6.42 Å². The Morgan fingerprint density at radius 3 is 2.61 bits per heavy atom. The molecule has 0 spiro atoms. The van der Waals surface area contributed by atoms with E-state index in [1.165, 1.54) is 13.2 Å². The quantitative estimate of drug-likeness (QED) is 0.776. The molecule has 0 saturated carbocycles. The van der Waals surface area contributed by atoms with Crippen molar-refractivity contribution in [3.8, 4) is 0 Å². The van der Waals surface area contributed by atoms with E-state index in [2.05, 4.69) is 21.8 Å².